The molecule has 0 spiro atoms. The SMILES string of the molecule is O=C(NCc1n[nH]c(=O)c2ccccc12)c1cc(-c2cccs2)[nH]n1. The Morgan fingerprint density at radius 3 is 2.72 bits per heavy atom. The molecular formula is C17H13N5O2S. The van der Waals surface area contributed by atoms with Gasteiger partial charge in [-0.1, -0.05) is 24.3 Å². The second kappa shape index (κ2) is 6.33. The van der Waals surface area contributed by atoms with E-state index in [1.807, 2.05) is 29.6 Å². The molecule has 3 heterocycles. The van der Waals surface area contributed by atoms with Gasteiger partial charge < -0.3 is 5.32 Å². The van der Waals surface area contributed by atoms with Crippen molar-refractivity contribution in [3.63, 3.8) is 0 Å². The van der Waals surface area contributed by atoms with Gasteiger partial charge in [0, 0.05) is 5.39 Å². The molecule has 7 nitrogen and oxygen atoms in total. The van der Waals surface area contributed by atoms with Gasteiger partial charge in [-0.3, -0.25) is 14.7 Å². The number of nitrogens with zero attached hydrogens (tertiary/aromatic N) is 2. The number of benzene rings is 1. The standard InChI is InChI=1S/C17H13N5O2S/c23-16-11-5-2-1-4-10(11)14(21-22-16)9-18-17(24)13-8-12(19-20-13)15-6-3-7-25-15/h1-8H,9H2,(H,18,24)(H,19,20)(H,22,23). The van der Waals surface area contributed by atoms with Gasteiger partial charge in [0.15, 0.2) is 5.69 Å². The zero-order chi connectivity index (χ0) is 17.2. The Labute approximate surface area is 145 Å². The van der Waals surface area contributed by atoms with E-state index in [-0.39, 0.29) is 18.0 Å². The van der Waals surface area contributed by atoms with Crippen LogP contribution in [0.4, 0.5) is 0 Å². The van der Waals surface area contributed by atoms with Crippen molar-refractivity contribution in [3.05, 3.63) is 69.6 Å². The van der Waals surface area contributed by atoms with Crippen LogP contribution in [0.3, 0.4) is 0 Å². The summed E-state index contributed by atoms with van der Waals surface area (Å²) < 4.78 is 0. The number of aromatic amines is 2. The fraction of sp³-hybridized carbons (Fsp3) is 0.0588. The van der Waals surface area contributed by atoms with E-state index in [0.717, 1.165) is 10.6 Å². The normalized spacial score (nSPS) is 10.9. The van der Waals surface area contributed by atoms with E-state index in [9.17, 15) is 9.59 Å². The van der Waals surface area contributed by atoms with E-state index in [1.165, 1.54) is 0 Å². The number of fused-ring (bicyclic) bond motifs is 1. The van der Waals surface area contributed by atoms with E-state index >= 15 is 0 Å². The van der Waals surface area contributed by atoms with Crippen molar-refractivity contribution in [2.75, 3.05) is 0 Å². The molecule has 0 aliphatic rings. The molecule has 3 aromatic heterocycles. The lowest BCUT2D eigenvalue weighted by Gasteiger charge is -2.05. The summed E-state index contributed by atoms with van der Waals surface area (Å²) in [6.45, 7) is 0.192. The van der Waals surface area contributed by atoms with E-state index in [1.54, 1.807) is 29.5 Å². The highest BCUT2D eigenvalue weighted by Crippen LogP contribution is 2.22. The quantitative estimate of drug-likeness (QED) is 0.525. The number of rotatable bonds is 4. The maximum absolute atomic E-state index is 12.3. The van der Waals surface area contributed by atoms with Gasteiger partial charge in [0.2, 0.25) is 0 Å². The smallest absolute Gasteiger partial charge is 0.272 e. The van der Waals surface area contributed by atoms with Crippen molar-refractivity contribution in [2.45, 2.75) is 6.54 Å². The molecule has 0 unspecified atom stereocenters. The highest BCUT2D eigenvalue weighted by Gasteiger charge is 2.13. The average Bonchev–Trinajstić information content (AvgIpc) is 3.32. The molecule has 0 atom stereocenters. The highest BCUT2D eigenvalue weighted by atomic mass is 32.1. The maximum atomic E-state index is 12.3. The summed E-state index contributed by atoms with van der Waals surface area (Å²) in [7, 11) is 0. The molecule has 4 rings (SSSR count). The first-order valence-corrected chi connectivity index (χ1v) is 8.44. The van der Waals surface area contributed by atoms with Crippen molar-refractivity contribution >= 4 is 28.0 Å². The number of amides is 1. The van der Waals surface area contributed by atoms with Crippen molar-refractivity contribution in [1.82, 2.24) is 25.7 Å². The van der Waals surface area contributed by atoms with Crippen molar-refractivity contribution in [3.8, 4) is 10.6 Å². The number of H-pyrrole nitrogens is 2. The fourth-order valence-corrected chi connectivity index (χ4v) is 3.25. The predicted octanol–water partition coefficient (Wildman–Crippen LogP) is 2.30. The summed E-state index contributed by atoms with van der Waals surface area (Å²) in [6.07, 6.45) is 0. The Kier molecular flexibility index (Phi) is 3.87. The predicted molar refractivity (Wildman–Crippen MR) is 95.4 cm³/mol. The van der Waals surface area contributed by atoms with Crippen LogP contribution >= 0.6 is 11.3 Å². The minimum Gasteiger partial charge on any atom is -0.345 e. The van der Waals surface area contributed by atoms with Crippen LogP contribution in [0, 0.1) is 0 Å². The number of aromatic nitrogens is 4. The second-order valence-corrected chi connectivity index (χ2v) is 6.32. The Hall–Kier alpha value is -3.26. The molecule has 1 aromatic carbocycles. The van der Waals surface area contributed by atoms with E-state index in [2.05, 4.69) is 25.7 Å². The molecule has 8 heteroatoms. The molecule has 0 saturated carbocycles. The Balaban J connectivity index is 1.53. The molecule has 0 aliphatic heterocycles. The van der Waals surface area contributed by atoms with Crippen molar-refractivity contribution in [2.24, 2.45) is 0 Å². The van der Waals surface area contributed by atoms with Crippen LogP contribution in [0.25, 0.3) is 21.3 Å². The largest absolute Gasteiger partial charge is 0.345 e. The molecule has 1 amide bonds. The Bertz CT molecular complexity index is 1100. The molecule has 0 radical (unpaired) electrons. The average molecular weight is 351 g/mol. The Morgan fingerprint density at radius 1 is 1.08 bits per heavy atom. The van der Waals surface area contributed by atoms with E-state index in [0.29, 0.717) is 22.2 Å². The number of carbonyl (C=O) groups excluding carboxylic acids is 1. The van der Waals surface area contributed by atoms with Crippen LogP contribution < -0.4 is 10.9 Å². The summed E-state index contributed by atoms with van der Waals surface area (Å²) in [5.41, 5.74) is 1.45. The lowest BCUT2D eigenvalue weighted by atomic mass is 10.1. The van der Waals surface area contributed by atoms with Gasteiger partial charge in [0.05, 0.1) is 28.2 Å². The van der Waals surface area contributed by atoms with Gasteiger partial charge in [-0.05, 0) is 23.6 Å². The van der Waals surface area contributed by atoms with Gasteiger partial charge in [-0.15, -0.1) is 11.3 Å². The monoisotopic (exact) mass is 351 g/mol. The third kappa shape index (κ3) is 2.94. The first-order valence-electron chi connectivity index (χ1n) is 7.56. The first-order chi connectivity index (χ1) is 12.2. The summed E-state index contributed by atoms with van der Waals surface area (Å²) in [5.74, 6) is -0.309. The van der Waals surface area contributed by atoms with Crippen LogP contribution in [-0.4, -0.2) is 26.3 Å². The summed E-state index contributed by atoms with van der Waals surface area (Å²) in [4.78, 5) is 25.1. The van der Waals surface area contributed by atoms with Crippen LogP contribution in [0.1, 0.15) is 16.2 Å². The number of thiophene rings is 1. The van der Waals surface area contributed by atoms with Gasteiger partial charge >= 0.3 is 0 Å². The molecule has 0 fully saturated rings. The molecular weight excluding hydrogens is 338 g/mol. The number of hydrogen-bond acceptors (Lipinski definition) is 5. The zero-order valence-corrected chi connectivity index (χ0v) is 13.8. The highest BCUT2D eigenvalue weighted by molar-refractivity contribution is 7.13. The van der Waals surface area contributed by atoms with Gasteiger partial charge in [0.25, 0.3) is 11.5 Å². The lowest BCUT2D eigenvalue weighted by Crippen LogP contribution is -2.25. The van der Waals surface area contributed by atoms with Crippen LogP contribution in [-0.2, 0) is 6.54 Å². The lowest BCUT2D eigenvalue weighted by molar-refractivity contribution is 0.0945. The molecule has 4 aromatic rings. The molecule has 124 valence electrons. The number of carbonyl (C=O) groups is 1. The molecule has 0 aliphatic carbocycles. The minimum atomic E-state index is -0.309. The third-order valence-electron chi connectivity index (χ3n) is 3.79. The van der Waals surface area contributed by atoms with Gasteiger partial charge in [0.1, 0.15) is 0 Å². The molecule has 0 bridgehead atoms. The topological polar surface area (TPSA) is 104 Å². The summed E-state index contributed by atoms with van der Waals surface area (Å²) in [5, 5.41) is 19.4. The van der Waals surface area contributed by atoms with Crippen molar-refractivity contribution < 1.29 is 4.79 Å². The van der Waals surface area contributed by atoms with Crippen LogP contribution in [0.2, 0.25) is 0 Å². The van der Waals surface area contributed by atoms with Gasteiger partial charge in [-0.2, -0.15) is 10.2 Å². The van der Waals surface area contributed by atoms with Crippen LogP contribution in [0.5, 0.6) is 0 Å². The molecule has 0 saturated heterocycles. The minimum absolute atomic E-state index is 0.192. The third-order valence-corrected chi connectivity index (χ3v) is 4.69. The Morgan fingerprint density at radius 2 is 1.92 bits per heavy atom. The number of hydrogen-bond donors (Lipinski definition) is 3. The van der Waals surface area contributed by atoms with Crippen LogP contribution in [0.15, 0.2) is 52.6 Å². The summed E-state index contributed by atoms with van der Waals surface area (Å²) >= 11 is 1.57. The first kappa shape index (κ1) is 15.3. The van der Waals surface area contributed by atoms with Gasteiger partial charge in [-0.25, -0.2) is 5.10 Å². The second-order valence-electron chi connectivity index (χ2n) is 5.37. The van der Waals surface area contributed by atoms with E-state index < -0.39 is 0 Å². The van der Waals surface area contributed by atoms with E-state index in [4.69, 9.17) is 0 Å². The maximum Gasteiger partial charge on any atom is 0.272 e. The fourth-order valence-electron chi connectivity index (χ4n) is 2.56. The molecule has 3 N–H and O–H groups in total. The number of nitrogens with one attached hydrogen (secondary N) is 3. The molecule has 25 heavy (non-hydrogen) atoms. The summed E-state index contributed by atoms with van der Waals surface area (Å²) in [6, 6.07) is 12.7. The van der Waals surface area contributed by atoms with Crippen molar-refractivity contribution in [1.29, 1.82) is 0 Å². The zero-order valence-electron chi connectivity index (χ0n) is 12.9.